The van der Waals surface area contributed by atoms with Crippen molar-refractivity contribution in [2.75, 3.05) is 18.9 Å². The lowest BCUT2D eigenvalue weighted by atomic mass is 9.96. The maximum Gasteiger partial charge on any atom is 0.416 e. The van der Waals surface area contributed by atoms with E-state index in [9.17, 15) is 28.2 Å². The number of hydrogen-bond acceptors (Lipinski definition) is 5. The number of aliphatic hydroxyl groups is 2. The quantitative estimate of drug-likeness (QED) is 0.365. The molecule has 0 bridgehead atoms. The van der Waals surface area contributed by atoms with E-state index in [1.807, 2.05) is 48.5 Å². The van der Waals surface area contributed by atoms with Crippen molar-refractivity contribution >= 4 is 11.8 Å². The molecule has 4 rings (SSSR count). The number of ether oxygens (including phenoxy) is 1. The minimum atomic E-state index is -4.72. The lowest BCUT2D eigenvalue weighted by Crippen LogP contribution is -2.31. The Bertz CT molecular complexity index is 1170. The molecule has 0 spiro atoms. The molecule has 0 aromatic heterocycles. The summed E-state index contributed by atoms with van der Waals surface area (Å²) >= 11 is 0. The van der Waals surface area contributed by atoms with E-state index in [4.69, 9.17) is 10.5 Å². The van der Waals surface area contributed by atoms with Crippen LogP contribution >= 0.6 is 0 Å². The molecule has 3 aromatic carbocycles. The van der Waals surface area contributed by atoms with E-state index in [1.54, 1.807) is 0 Å². The topological polar surface area (TPSA) is 105 Å². The van der Waals surface area contributed by atoms with Crippen LogP contribution < -0.4 is 11.1 Å². The summed E-state index contributed by atoms with van der Waals surface area (Å²) < 4.78 is 45.1. The van der Waals surface area contributed by atoms with Crippen LogP contribution in [0.2, 0.25) is 0 Å². The number of hydrogen-bond donors (Lipinski definition) is 4. The number of carbonyl (C=O) groups is 1. The minimum Gasteiger partial charge on any atom is -0.449 e. The van der Waals surface area contributed by atoms with Crippen LogP contribution in [0.3, 0.4) is 0 Å². The largest absolute Gasteiger partial charge is 0.449 e. The Morgan fingerprint density at radius 2 is 1.60 bits per heavy atom. The van der Waals surface area contributed by atoms with Crippen LogP contribution in [0.4, 0.5) is 23.7 Å². The SMILES string of the molecule is Nc1ccc(C(F)(F)F)c(C(O)C(O)CCNC(=O)OCC2c3ccccc3-c3ccccc32)c1. The second-order valence-electron chi connectivity index (χ2n) is 8.40. The summed E-state index contributed by atoms with van der Waals surface area (Å²) in [6.07, 6.45) is -9.04. The average Bonchev–Trinajstić information content (AvgIpc) is 3.15. The van der Waals surface area contributed by atoms with Crippen molar-refractivity contribution in [2.45, 2.75) is 30.7 Å². The van der Waals surface area contributed by atoms with Gasteiger partial charge in [0.2, 0.25) is 0 Å². The summed E-state index contributed by atoms with van der Waals surface area (Å²) in [5.41, 5.74) is 8.28. The maximum atomic E-state index is 13.3. The standard InChI is InChI=1S/C26H25F3N2O4/c27-26(28,29)22-10-9-15(30)13-20(22)24(33)23(32)11-12-31-25(34)35-14-21-18-7-3-1-5-16(18)17-6-2-4-8-19(17)21/h1-10,13,21,23-24,32-33H,11-12,14,30H2,(H,31,34). The summed E-state index contributed by atoms with van der Waals surface area (Å²) in [6.45, 7) is -0.0121. The van der Waals surface area contributed by atoms with Crippen LogP contribution in [-0.4, -0.2) is 35.6 Å². The lowest BCUT2D eigenvalue weighted by molar-refractivity contribution is -0.139. The summed E-state index contributed by atoms with van der Waals surface area (Å²) in [7, 11) is 0. The van der Waals surface area contributed by atoms with Crippen LogP contribution in [0.5, 0.6) is 0 Å². The summed E-state index contributed by atoms with van der Waals surface area (Å²) in [5.74, 6) is -0.120. The smallest absolute Gasteiger partial charge is 0.416 e. The second-order valence-corrected chi connectivity index (χ2v) is 8.40. The second kappa shape index (κ2) is 9.97. The number of amides is 1. The fourth-order valence-corrected chi connectivity index (χ4v) is 4.42. The number of carbonyl (C=O) groups excluding carboxylic acids is 1. The summed E-state index contributed by atoms with van der Waals surface area (Å²) in [5, 5.41) is 23.0. The highest BCUT2D eigenvalue weighted by molar-refractivity contribution is 5.79. The fourth-order valence-electron chi connectivity index (χ4n) is 4.42. The fraction of sp³-hybridized carbons (Fsp3) is 0.269. The van der Waals surface area contributed by atoms with Crippen molar-refractivity contribution in [1.82, 2.24) is 5.32 Å². The van der Waals surface area contributed by atoms with Crippen LogP contribution in [0.25, 0.3) is 11.1 Å². The highest BCUT2D eigenvalue weighted by Crippen LogP contribution is 2.44. The van der Waals surface area contributed by atoms with Gasteiger partial charge in [-0.25, -0.2) is 4.79 Å². The minimum absolute atomic E-state index is 0.0241. The number of alkyl halides is 3. The molecule has 184 valence electrons. The number of aliphatic hydroxyl groups excluding tert-OH is 2. The molecule has 9 heteroatoms. The van der Waals surface area contributed by atoms with Gasteiger partial charge in [0.1, 0.15) is 12.7 Å². The molecular formula is C26H25F3N2O4. The molecule has 0 aliphatic heterocycles. The highest BCUT2D eigenvalue weighted by Gasteiger charge is 2.36. The number of halogens is 3. The molecule has 1 aliphatic carbocycles. The molecule has 1 amide bonds. The highest BCUT2D eigenvalue weighted by atomic mass is 19.4. The lowest BCUT2D eigenvalue weighted by Gasteiger charge is -2.22. The van der Waals surface area contributed by atoms with Crippen LogP contribution in [0.15, 0.2) is 66.7 Å². The first-order valence-electron chi connectivity index (χ1n) is 11.1. The van der Waals surface area contributed by atoms with E-state index < -0.39 is 35.6 Å². The van der Waals surface area contributed by atoms with Gasteiger partial charge < -0.3 is 26.0 Å². The van der Waals surface area contributed by atoms with Crippen molar-refractivity contribution < 1.29 is 32.9 Å². The zero-order valence-corrected chi connectivity index (χ0v) is 18.6. The van der Waals surface area contributed by atoms with Crippen molar-refractivity contribution in [3.05, 3.63) is 89.0 Å². The van der Waals surface area contributed by atoms with E-state index in [1.165, 1.54) is 0 Å². The molecule has 0 radical (unpaired) electrons. The molecule has 2 atom stereocenters. The zero-order chi connectivity index (χ0) is 25.2. The van der Waals surface area contributed by atoms with Gasteiger partial charge in [-0.2, -0.15) is 13.2 Å². The Morgan fingerprint density at radius 3 is 2.20 bits per heavy atom. The van der Waals surface area contributed by atoms with Crippen molar-refractivity contribution in [3.8, 4) is 11.1 Å². The monoisotopic (exact) mass is 486 g/mol. The Kier molecular flexibility index (Phi) is 7.00. The van der Waals surface area contributed by atoms with Gasteiger partial charge in [0.15, 0.2) is 0 Å². The number of rotatable bonds is 7. The zero-order valence-electron chi connectivity index (χ0n) is 18.6. The molecule has 3 aromatic rings. The first-order valence-corrected chi connectivity index (χ1v) is 11.1. The predicted octanol–water partition coefficient (Wildman–Crippen LogP) is 4.61. The van der Waals surface area contributed by atoms with Gasteiger partial charge in [0.05, 0.1) is 11.7 Å². The number of anilines is 1. The first kappa shape index (κ1) is 24.6. The molecule has 5 N–H and O–H groups in total. The van der Waals surface area contributed by atoms with Crippen molar-refractivity contribution in [2.24, 2.45) is 0 Å². The third kappa shape index (κ3) is 5.26. The van der Waals surface area contributed by atoms with Gasteiger partial charge in [-0.3, -0.25) is 0 Å². The number of benzene rings is 3. The average molecular weight is 486 g/mol. The Labute approximate surface area is 200 Å². The van der Waals surface area contributed by atoms with Crippen LogP contribution in [0.1, 0.15) is 40.7 Å². The Hall–Kier alpha value is -3.56. The molecule has 0 saturated heterocycles. The molecule has 6 nitrogen and oxygen atoms in total. The van der Waals surface area contributed by atoms with E-state index in [2.05, 4.69) is 5.32 Å². The van der Waals surface area contributed by atoms with E-state index in [0.717, 1.165) is 40.5 Å². The van der Waals surface area contributed by atoms with Gasteiger partial charge in [0.25, 0.3) is 0 Å². The number of nitrogens with two attached hydrogens (primary N) is 1. The molecule has 2 unspecified atom stereocenters. The number of nitrogen functional groups attached to an aromatic ring is 1. The van der Waals surface area contributed by atoms with E-state index >= 15 is 0 Å². The van der Waals surface area contributed by atoms with Gasteiger partial charge in [-0.15, -0.1) is 0 Å². The Balaban J connectivity index is 1.32. The molecule has 0 fully saturated rings. The predicted molar refractivity (Wildman–Crippen MR) is 125 cm³/mol. The van der Waals surface area contributed by atoms with Crippen LogP contribution in [0, 0.1) is 0 Å². The normalized spacial score (nSPS) is 14.7. The van der Waals surface area contributed by atoms with Crippen molar-refractivity contribution in [3.63, 3.8) is 0 Å². The van der Waals surface area contributed by atoms with Gasteiger partial charge in [0, 0.05) is 18.2 Å². The number of fused-ring (bicyclic) bond motifs is 3. The first-order chi connectivity index (χ1) is 16.7. The van der Waals surface area contributed by atoms with E-state index in [-0.39, 0.29) is 31.2 Å². The molecule has 1 aliphatic rings. The number of nitrogens with one attached hydrogen (secondary N) is 1. The van der Waals surface area contributed by atoms with Crippen molar-refractivity contribution in [1.29, 1.82) is 0 Å². The number of alkyl carbamates (subject to hydrolysis) is 1. The molecule has 0 saturated carbocycles. The van der Waals surface area contributed by atoms with Gasteiger partial charge in [-0.05, 0) is 52.4 Å². The third-order valence-corrected chi connectivity index (χ3v) is 6.12. The van der Waals surface area contributed by atoms with Gasteiger partial charge in [-0.1, -0.05) is 48.5 Å². The summed E-state index contributed by atoms with van der Waals surface area (Å²) in [4.78, 5) is 12.2. The van der Waals surface area contributed by atoms with Crippen LogP contribution in [-0.2, 0) is 10.9 Å². The summed E-state index contributed by atoms with van der Waals surface area (Å²) in [6, 6.07) is 18.6. The van der Waals surface area contributed by atoms with Gasteiger partial charge >= 0.3 is 12.3 Å². The maximum absolute atomic E-state index is 13.3. The Morgan fingerprint density at radius 1 is 1.00 bits per heavy atom. The molecular weight excluding hydrogens is 461 g/mol. The molecule has 0 heterocycles. The van der Waals surface area contributed by atoms with E-state index in [0.29, 0.717) is 0 Å². The molecule has 35 heavy (non-hydrogen) atoms. The third-order valence-electron chi connectivity index (χ3n) is 6.12.